The first-order valence-electron chi connectivity index (χ1n) is 9.04. The molecule has 1 amide bonds. The highest BCUT2D eigenvalue weighted by atomic mass is 32.2. The fourth-order valence-electron chi connectivity index (χ4n) is 3.84. The Morgan fingerprint density at radius 3 is 2.71 bits per heavy atom. The van der Waals surface area contributed by atoms with Crippen LogP contribution in [0.1, 0.15) is 35.3 Å². The van der Waals surface area contributed by atoms with E-state index in [1.165, 1.54) is 27.8 Å². The van der Waals surface area contributed by atoms with Gasteiger partial charge in [-0.05, 0) is 61.9 Å². The molecule has 146 valence electrons. The predicted octanol–water partition coefficient (Wildman–Crippen LogP) is 3.04. The Morgan fingerprint density at radius 1 is 1.25 bits per heavy atom. The number of thiophene rings is 1. The van der Waals surface area contributed by atoms with Crippen LogP contribution >= 0.6 is 11.3 Å². The molecular formula is C19H18FN3O3S2. The average Bonchev–Trinajstić information content (AvgIpc) is 3.37. The number of nitrogens with zero attached hydrogens (tertiary/aromatic N) is 2. The molecule has 2 aromatic rings. The van der Waals surface area contributed by atoms with Gasteiger partial charge >= 0.3 is 0 Å². The summed E-state index contributed by atoms with van der Waals surface area (Å²) in [4.78, 5) is 14.0. The Morgan fingerprint density at radius 2 is 2.00 bits per heavy atom. The molecule has 0 radical (unpaired) electrons. The number of nitrogens with one attached hydrogen (secondary N) is 1. The summed E-state index contributed by atoms with van der Waals surface area (Å²) in [6, 6.07) is 5.91. The van der Waals surface area contributed by atoms with Crippen LogP contribution < -0.4 is 5.32 Å². The van der Waals surface area contributed by atoms with E-state index in [1.54, 1.807) is 0 Å². The van der Waals surface area contributed by atoms with Crippen molar-refractivity contribution in [2.75, 3.05) is 11.9 Å². The van der Waals surface area contributed by atoms with Crippen molar-refractivity contribution in [3.05, 3.63) is 46.1 Å². The van der Waals surface area contributed by atoms with E-state index >= 15 is 0 Å². The van der Waals surface area contributed by atoms with Gasteiger partial charge in [0.2, 0.25) is 15.9 Å². The number of nitriles is 1. The number of hydrogen-bond donors (Lipinski definition) is 1. The van der Waals surface area contributed by atoms with Gasteiger partial charge in [-0.3, -0.25) is 4.79 Å². The van der Waals surface area contributed by atoms with Crippen LogP contribution in [-0.2, 0) is 27.7 Å². The molecule has 1 N–H and O–H groups in total. The lowest BCUT2D eigenvalue weighted by atomic mass is 10.1. The zero-order chi connectivity index (χ0) is 19.9. The molecule has 2 heterocycles. The summed E-state index contributed by atoms with van der Waals surface area (Å²) >= 11 is 1.40. The number of halogens is 1. The first kappa shape index (κ1) is 19.1. The maximum Gasteiger partial charge on any atom is 0.243 e. The van der Waals surface area contributed by atoms with Crippen molar-refractivity contribution < 1.29 is 17.6 Å². The minimum Gasteiger partial charge on any atom is -0.315 e. The SMILES string of the molecule is N#Cc1c(NC(=O)C2CCCN2S(=O)(=O)c2ccc(F)cc2)sc2c1CCC2. The number of fused-ring (bicyclic) bond motifs is 1. The molecule has 6 nitrogen and oxygen atoms in total. The fourth-order valence-corrected chi connectivity index (χ4v) is 6.74. The van der Waals surface area contributed by atoms with Gasteiger partial charge in [0.15, 0.2) is 0 Å². The van der Waals surface area contributed by atoms with Gasteiger partial charge < -0.3 is 5.32 Å². The molecule has 1 saturated heterocycles. The second kappa shape index (κ2) is 7.28. The van der Waals surface area contributed by atoms with E-state index in [1.807, 2.05) is 0 Å². The molecule has 1 aromatic heterocycles. The van der Waals surface area contributed by atoms with E-state index in [2.05, 4.69) is 11.4 Å². The number of carbonyl (C=O) groups is 1. The molecule has 0 spiro atoms. The minimum absolute atomic E-state index is 0.0404. The summed E-state index contributed by atoms with van der Waals surface area (Å²) in [6.07, 6.45) is 3.71. The molecule has 0 saturated carbocycles. The zero-order valence-electron chi connectivity index (χ0n) is 14.9. The van der Waals surface area contributed by atoms with Gasteiger partial charge in [-0.2, -0.15) is 9.57 Å². The summed E-state index contributed by atoms with van der Waals surface area (Å²) in [7, 11) is -3.91. The Labute approximate surface area is 166 Å². The fraction of sp³-hybridized carbons (Fsp3) is 0.368. The molecule has 1 atom stereocenters. The van der Waals surface area contributed by atoms with Crippen LogP contribution in [0.5, 0.6) is 0 Å². The molecule has 9 heteroatoms. The van der Waals surface area contributed by atoms with Crippen LogP contribution in [-0.4, -0.2) is 31.2 Å². The molecule has 1 aliphatic heterocycles. The number of hydrogen-bond acceptors (Lipinski definition) is 5. The van der Waals surface area contributed by atoms with Crippen molar-refractivity contribution in [3.63, 3.8) is 0 Å². The molecule has 1 aliphatic carbocycles. The smallest absolute Gasteiger partial charge is 0.243 e. The van der Waals surface area contributed by atoms with Crippen molar-refractivity contribution in [2.45, 2.75) is 43.0 Å². The van der Waals surface area contributed by atoms with Gasteiger partial charge in [-0.25, -0.2) is 12.8 Å². The van der Waals surface area contributed by atoms with Gasteiger partial charge in [0.25, 0.3) is 0 Å². The van der Waals surface area contributed by atoms with Crippen molar-refractivity contribution in [1.29, 1.82) is 5.26 Å². The highest BCUT2D eigenvalue weighted by molar-refractivity contribution is 7.89. The van der Waals surface area contributed by atoms with Gasteiger partial charge in [-0.1, -0.05) is 0 Å². The number of benzene rings is 1. The van der Waals surface area contributed by atoms with E-state index in [4.69, 9.17) is 0 Å². The highest BCUT2D eigenvalue weighted by Crippen LogP contribution is 2.39. The molecule has 1 unspecified atom stereocenters. The highest BCUT2D eigenvalue weighted by Gasteiger charge is 2.40. The maximum atomic E-state index is 13.1. The lowest BCUT2D eigenvalue weighted by Gasteiger charge is -2.23. The minimum atomic E-state index is -3.91. The molecule has 1 aromatic carbocycles. The first-order chi connectivity index (χ1) is 13.4. The lowest BCUT2D eigenvalue weighted by Crippen LogP contribution is -2.43. The quantitative estimate of drug-likeness (QED) is 0.825. The Kier molecular flexibility index (Phi) is 4.95. The molecule has 4 rings (SSSR count). The Hall–Kier alpha value is -2.28. The number of carbonyl (C=O) groups excluding carboxylic acids is 1. The monoisotopic (exact) mass is 419 g/mol. The van der Waals surface area contributed by atoms with Crippen LogP contribution in [0.4, 0.5) is 9.39 Å². The largest absolute Gasteiger partial charge is 0.315 e. The second-order valence-corrected chi connectivity index (χ2v) is 9.89. The summed E-state index contributed by atoms with van der Waals surface area (Å²) in [5, 5.41) is 12.8. The Balaban J connectivity index is 1.58. The predicted molar refractivity (Wildman–Crippen MR) is 103 cm³/mol. The van der Waals surface area contributed by atoms with E-state index in [0.717, 1.165) is 41.8 Å². The van der Waals surface area contributed by atoms with E-state index < -0.39 is 27.8 Å². The Bertz CT molecular complexity index is 1070. The number of amides is 1. The van der Waals surface area contributed by atoms with Gasteiger partial charge in [0.05, 0.1) is 10.5 Å². The number of sulfonamides is 1. The second-order valence-electron chi connectivity index (χ2n) is 6.89. The van der Waals surface area contributed by atoms with Crippen LogP contribution in [0, 0.1) is 17.1 Å². The molecule has 28 heavy (non-hydrogen) atoms. The topological polar surface area (TPSA) is 90.3 Å². The third kappa shape index (κ3) is 3.21. The van der Waals surface area contributed by atoms with Crippen molar-refractivity contribution >= 4 is 32.3 Å². The molecule has 0 bridgehead atoms. The first-order valence-corrected chi connectivity index (χ1v) is 11.3. The lowest BCUT2D eigenvalue weighted by molar-refractivity contribution is -0.119. The van der Waals surface area contributed by atoms with Crippen molar-refractivity contribution in [1.82, 2.24) is 4.31 Å². The van der Waals surface area contributed by atoms with Crippen molar-refractivity contribution in [3.8, 4) is 6.07 Å². The third-order valence-corrected chi connectivity index (χ3v) is 8.33. The maximum absolute atomic E-state index is 13.1. The normalized spacial score (nSPS) is 19.4. The molecular weight excluding hydrogens is 401 g/mol. The number of rotatable bonds is 4. The van der Waals surface area contributed by atoms with Crippen LogP contribution in [0.3, 0.4) is 0 Å². The molecule has 1 fully saturated rings. The van der Waals surface area contributed by atoms with Gasteiger partial charge in [-0.15, -0.1) is 11.3 Å². The summed E-state index contributed by atoms with van der Waals surface area (Å²) in [6.45, 7) is 0.226. The van der Waals surface area contributed by atoms with Crippen LogP contribution in [0.2, 0.25) is 0 Å². The zero-order valence-corrected chi connectivity index (χ0v) is 16.6. The summed E-state index contributed by atoms with van der Waals surface area (Å²) < 4.78 is 40.2. The summed E-state index contributed by atoms with van der Waals surface area (Å²) in [5.74, 6) is -0.955. The number of anilines is 1. The van der Waals surface area contributed by atoms with Gasteiger partial charge in [0, 0.05) is 11.4 Å². The average molecular weight is 420 g/mol. The van der Waals surface area contributed by atoms with E-state index in [9.17, 15) is 22.9 Å². The van der Waals surface area contributed by atoms with Gasteiger partial charge in [0.1, 0.15) is 22.9 Å². The van der Waals surface area contributed by atoms with E-state index in [0.29, 0.717) is 23.4 Å². The van der Waals surface area contributed by atoms with E-state index in [-0.39, 0.29) is 11.4 Å². The standard InChI is InChI=1S/C19H18FN3O3S2/c20-12-6-8-13(9-7-12)28(25,26)23-10-2-4-16(23)18(24)22-19-15(11-21)14-3-1-5-17(14)27-19/h6-9,16H,1-5,10H2,(H,22,24). The van der Waals surface area contributed by atoms with Crippen LogP contribution in [0.15, 0.2) is 29.2 Å². The third-order valence-electron chi connectivity index (χ3n) is 5.20. The van der Waals surface area contributed by atoms with Crippen molar-refractivity contribution in [2.24, 2.45) is 0 Å². The summed E-state index contributed by atoms with van der Waals surface area (Å²) in [5.41, 5.74) is 1.50. The van der Waals surface area contributed by atoms with Crippen LogP contribution in [0.25, 0.3) is 0 Å². The number of aryl methyl sites for hydroxylation is 1. The molecule has 2 aliphatic rings.